The molecule has 0 heterocycles. The average Bonchev–Trinajstić information content (AvgIpc) is 2.62. The normalized spacial score (nSPS) is 11.2. The predicted molar refractivity (Wildman–Crippen MR) is 104 cm³/mol. The molecule has 0 aromatic heterocycles. The largest absolute Gasteiger partial charge is 0.433 e. The molecule has 0 unspecified atom stereocenters. The first-order chi connectivity index (χ1) is 13.2. The molecule has 2 N–H and O–H groups in total. The maximum absolute atomic E-state index is 12.4. The van der Waals surface area contributed by atoms with Gasteiger partial charge in [-0.15, -0.1) is 0 Å². The Morgan fingerprint density at radius 3 is 2.29 bits per heavy atom. The van der Waals surface area contributed by atoms with Gasteiger partial charge in [0.1, 0.15) is 5.75 Å². The van der Waals surface area contributed by atoms with Crippen LogP contribution in [0.2, 0.25) is 0 Å². The summed E-state index contributed by atoms with van der Waals surface area (Å²) in [5, 5.41) is 5.17. The van der Waals surface area contributed by atoms with Crippen LogP contribution in [0.3, 0.4) is 0 Å². The zero-order chi connectivity index (χ0) is 20.7. The molecule has 150 valence electrons. The Labute approximate surface area is 163 Å². The van der Waals surface area contributed by atoms with Crippen LogP contribution in [0.15, 0.2) is 48.5 Å². The summed E-state index contributed by atoms with van der Waals surface area (Å²) in [5.74, 6) is -0.822. The van der Waals surface area contributed by atoms with Gasteiger partial charge in [-0.3, -0.25) is 9.59 Å². The lowest BCUT2D eigenvalue weighted by Gasteiger charge is -2.19. The average molecular weight is 390 g/mol. The number of halogens is 2. The van der Waals surface area contributed by atoms with E-state index in [0.29, 0.717) is 5.56 Å². The Morgan fingerprint density at radius 2 is 1.68 bits per heavy atom. The number of carbonyl (C=O) groups excluding carboxylic acids is 2. The number of ether oxygens (including phenoxy) is 1. The minimum absolute atomic E-state index is 0.00256. The Hall–Kier alpha value is -2.96. The van der Waals surface area contributed by atoms with E-state index in [1.54, 1.807) is 18.2 Å². The van der Waals surface area contributed by atoms with Crippen LogP contribution in [0.1, 0.15) is 43.1 Å². The predicted octanol–water partition coefficient (Wildman–Crippen LogP) is 4.34. The van der Waals surface area contributed by atoms with Crippen LogP contribution in [-0.2, 0) is 10.2 Å². The van der Waals surface area contributed by atoms with Crippen molar-refractivity contribution in [3.05, 3.63) is 59.7 Å². The van der Waals surface area contributed by atoms with E-state index in [9.17, 15) is 18.4 Å². The summed E-state index contributed by atoms with van der Waals surface area (Å²) < 4.78 is 29.2. The monoisotopic (exact) mass is 390 g/mol. The summed E-state index contributed by atoms with van der Waals surface area (Å²) in [6.07, 6.45) is -0.00513. The summed E-state index contributed by atoms with van der Waals surface area (Å²) in [6, 6.07) is 13.2. The molecule has 0 fully saturated rings. The van der Waals surface area contributed by atoms with Gasteiger partial charge in [-0.05, 0) is 35.2 Å². The molecular formula is C21H24F2N2O3. The summed E-state index contributed by atoms with van der Waals surface area (Å²) in [4.78, 5) is 24.2. The van der Waals surface area contributed by atoms with Crippen molar-refractivity contribution < 1.29 is 23.1 Å². The van der Waals surface area contributed by atoms with E-state index in [4.69, 9.17) is 0 Å². The van der Waals surface area contributed by atoms with Gasteiger partial charge in [0.15, 0.2) is 0 Å². The van der Waals surface area contributed by atoms with Gasteiger partial charge in [0.2, 0.25) is 5.91 Å². The molecule has 0 radical (unpaired) electrons. The fourth-order valence-electron chi connectivity index (χ4n) is 2.49. The molecule has 2 aromatic rings. The van der Waals surface area contributed by atoms with E-state index >= 15 is 0 Å². The zero-order valence-electron chi connectivity index (χ0n) is 16.1. The SMILES string of the molecule is CC(C)(C)c1ccc(C(=O)NCCC(=O)Nc2ccccc2OC(F)F)cc1. The second-order valence-electron chi connectivity index (χ2n) is 7.26. The van der Waals surface area contributed by atoms with E-state index in [-0.39, 0.29) is 35.7 Å². The van der Waals surface area contributed by atoms with Gasteiger partial charge >= 0.3 is 6.61 Å². The lowest BCUT2D eigenvalue weighted by atomic mass is 9.87. The van der Waals surface area contributed by atoms with Crippen molar-refractivity contribution in [3.8, 4) is 5.75 Å². The van der Waals surface area contributed by atoms with Gasteiger partial charge in [-0.25, -0.2) is 0 Å². The van der Waals surface area contributed by atoms with Gasteiger partial charge in [0.25, 0.3) is 5.91 Å². The van der Waals surface area contributed by atoms with E-state index in [0.717, 1.165) is 5.56 Å². The van der Waals surface area contributed by atoms with Crippen molar-refractivity contribution in [1.82, 2.24) is 5.32 Å². The van der Waals surface area contributed by atoms with Gasteiger partial charge < -0.3 is 15.4 Å². The number of para-hydroxylation sites is 2. The molecule has 0 aliphatic carbocycles. The van der Waals surface area contributed by atoms with E-state index in [1.165, 1.54) is 18.2 Å². The first-order valence-corrected chi connectivity index (χ1v) is 8.89. The van der Waals surface area contributed by atoms with Gasteiger partial charge in [-0.1, -0.05) is 45.0 Å². The third kappa shape index (κ3) is 6.33. The summed E-state index contributed by atoms with van der Waals surface area (Å²) in [7, 11) is 0. The maximum Gasteiger partial charge on any atom is 0.387 e. The molecule has 0 bridgehead atoms. The molecule has 0 spiro atoms. The number of hydrogen-bond donors (Lipinski definition) is 2. The highest BCUT2D eigenvalue weighted by Crippen LogP contribution is 2.25. The fraction of sp³-hybridized carbons (Fsp3) is 0.333. The number of anilines is 1. The maximum atomic E-state index is 12.4. The van der Waals surface area contributed by atoms with Crippen LogP contribution in [0.4, 0.5) is 14.5 Å². The molecule has 2 amide bonds. The van der Waals surface area contributed by atoms with Gasteiger partial charge in [-0.2, -0.15) is 8.78 Å². The second-order valence-corrected chi connectivity index (χ2v) is 7.26. The van der Waals surface area contributed by atoms with Crippen molar-refractivity contribution in [2.45, 2.75) is 39.2 Å². The third-order valence-electron chi connectivity index (χ3n) is 4.03. The zero-order valence-corrected chi connectivity index (χ0v) is 16.1. The van der Waals surface area contributed by atoms with Crippen LogP contribution >= 0.6 is 0 Å². The topological polar surface area (TPSA) is 67.4 Å². The summed E-state index contributed by atoms with van der Waals surface area (Å²) in [6.45, 7) is 3.40. The number of carbonyl (C=O) groups is 2. The number of alkyl halides is 2. The van der Waals surface area contributed by atoms with Crippen LogP contribution in [0.5, 0.6) is 5.75 Å². The quantitative estimate of drug-likeness (QED) is 0.739. The smallest absolute Gasteiger partial charge is 0.387 e. The number of amides is 2. The number of rotatable bonds is 7. The van der Waals surface area contributed by atoms with Gasteiger partial charge in [0.05, 0.1) is 5.69 Å². The first kappa shape index (κ1) is 21.3. The standard InChI is InChI=1S/C21H24F2N2O3/c1-21(2,3)15-10-8-14(9-11-15)19(27)24-13-12-18(26)25-16-6-4-5-7-17(16)28-20(22)23/h4-11,20H,12-13H2,1-3H3,(H,24,27)(H,25,26). The molecule has 5 nitrogen and oxygen atoms in total. The third-order valence-corrected chi connectivity index (χ3v) is 4.03. The fourth-order valence-corrected chi connectivity index (χ4v) is 2.49. The van der Waals surface area contributed by atoms with Crippen LogP contribution in [-0.4, -0.2) is 25.0 Å². The number of hydrogen-bond acceptors (Lipinski definition) is 3. The molecule has 0 saturated heterocycles. The van der Waals surface area contributed by atoms with Crippen molar-refractivity contribution in [3.63, 3.8) is 0 Å². The van der Waals surface area contributed by atoms with Gasteiger partial charge in [0, 0.05) is 18.5 Å². The highest BCUT2D eigenvalue weighted by Gasteiger charge is 2.15. The summed E-state index contributed by atoms with van der Waals surface area (Å²) >= 11 is 0. The Bertz CT molecular complexity index is 815. The van der Waals surface area contributed by atoms with E-state index in [1.807, 2.05) is 12.1 Å². The van der Waals surface area contributed by atoms with Crippen LogP contribution < -0.4 is 15.4 Å². The Morgan fingerprint density at radius 1 is 1.04 bits per heavy atom. The van der Waals surface area contributed by atoms with Crippen molar-refractivity contribution in [1.29, 1.82) is 0 Å². The number of nitrogens with one attached hydrogen (secondary N) is 2. The van der Waals surface area contributed by atoms with Crippen molar-refractivity contribution in [2.24, 2.45) is 0 Å². The molecule has 28 heavy (non-hydrogen) atoms. The highest BCUT2D eigenvalue weighted by molar-refractivity contribution is 5.95. The Balaban J connectivity index is 1.85. The highest BCUT2D eigenvalue weighted by atomic mass is 19.3. The molecule has 2 rings (SSSR count). The lowest BCUT2D eigenvalue weighted by molar-refractivity contribution is -0.116. The second kappa shape index (κ2) is 9.30. The van der Waals surface area contributed by atoms with Crippen LogP contribution in [0, 0.1) is 0 Å². The number of benzene rings is 2. The minimum Gasteiger partial charge on any atom is -0.433 e. The van der Waals surface area contributed by atoms with Crippen molar-refractivity contribution in [2.75, 3.05) is 11.9 Å². The first-order valence-electron chi connectivity index (χ1n) is 8.89. The molecule has 0 atom stereocenters. The molecular weight excluding hydrogens is 366 g/mol. The minimum atomic E-state index is -2.98. The molecule has 0 aliphatic heterocycles. The van der Waals surface area contributed by atoms with E-state index in [2.05, 4.69) is 36.1 Å². The molecule has 0 aliphatic rings. The van der Waals surface area contributed by atoms with Crippen molar-refractivity contribution >= 4 is 17.5 Å². The molecule has 0 saturated carbocycles. The summed E-state index contributed by atoms with van der Waals surface area (Å²) in [5.41, 5.74) is 1.77. The Kier molecular flexibility index (Phi) is 7.09. The van der Waals surface area contributed by atoms with E-state index < -0.39 is 12.5 Å². The molecule has 7 heteroatoms. The van der Waals surface area contributed by atoms with Crippen LogP contribution in [0.25, 0.3) is 0 Å². The lowest BCUT2D eigenvalue weighted by Crippen LogP contribution is -2.27. The molecule has 2 aromatic carbocycles.